The molecule has 0 saturated heterocycles. The van der Waals surface area contributed by atoms with E-state index < -0.39 is 27.5 Å². The number of carbonyl (C=O) groups excluding carboxylic acids is 1. The molecule has 1 atom stereocenters. The molecule has 1 aromatic rings. The monoisotopic (exact) mass is 330 g/mol. The quantitative estimate of drug-likeness (QED) is 0.612. The van der Waals surface area contributed by atoms with Gasteiger partial charge in [0.2, 0.25) is 15.6 Å². The normalized spacial score (nSPS) is 14.0. The van der Waals surface area contributed by atoms with Gasteiger partial charge in [-0.1, -0.05) is 18.2 Å². The van der Waals surface area contributed by atoms with Crippen molar-refractivity contribution in [2.75, 3.05) is 18.1 Å². The van der Waals surface area contributed by atoms with Gasteiger partial charge >= 0.3 is 5.97 Å². The second-order valence-corrected chi connectivity index (χ2v) is 6.51. The maximum absolute atomic E-state index is 12.0. The van der Waals surface area contributed by atoms with Gasteiger partial charge in [0.25, 0.3) is 5.91 Å². The van der Waals surface area contributed by atoms with Gasteiger partial charge < -0.3 is 15.2 Å². The fraction of sp³-hybridized carbons (Fsp3) is 0.385. The standard InChI is InChI=1S/C13H18N2O6S/c1-13(21-2,12(17)18)11(16)14-8-9-6-4-5-7-10(9)15-22(3,19)20/h4-7,15H,8H2,1-3H3,(H,14,16)(H,17,18). The van der Waals surface area contributed by atoms with E-state index in [1.54, 1.807) is 18.2 Å². The number of methoxy groups -OCH3 is 1. The third kappa shape index (κ3) is 4.43. The van der Waals surface area contributed by atoms with Gasteiger partial charge in [-0.2, -0.15) is 0 Å². The van der Waals surface area contributed by atoms with Gasteiger partial charge in [-0.3, -0.25) is 9.52 Å². The zero-order valence-corrected chi connectivity index (χ0v) is 13.2. The Morgan fingerprint density at radius 3 is 2.41 bits per heavy atom. The van der Waals surface area contributed by atoms with E-state index in [0.717, 1.165) is 20.3 Å². The number of para-hydroxylation sites is 1. The number of carboxylic acids is 1. The zero-order chi connectivity index (χ0) is 17.0. The number of carbonyl (C=O) groups is 2. The van der Waals surface area contributed by atoms with Crippen molar-refractivity contribution in [1.29, 1.82) is 0 Å². The summed E-state index contributed by atoms with van der Waals surface area (Å²) in [6, 6.07) is 6.45. The van der Waals surface area contributed by atoms with Crippen molar-refractivity contribution in [1.82, 2.24) is 5.32 Å². The van der Waals surface area contributed by atoms with E-state index in [4.69, 9.17) is 9.84 Å². The van der Waals surface area contributed by atoms with Gasteiger partial charge in [-0.25, -0.2) is 13.2 Å². The molecule has 0 bridgehead atoms. The highest BCUT2D eigenvalue weighted by Gasteiger charge is 2.41. The second kappa shape index (κ2) is 6.75. The molecule has 8 nitrogen and oxygen atoms in total. The summed E-state index contributed by atoms with van der Waals surface area (Å²) in [6.45, 7) is 1.08. The Labute approximate surface area is 128 Å². The first-order valence-electron chi connectivity index (χ1n) is 6.22. The highest BCUT2D eigenvalue weighted by molar-refractivity contribution is 7.92. The average molecular weight is 330 g/mol. The van der Waals surface area contributed by atoms with Gasteiger partial charge in [-0.15, -0.1) is 0 Å². The zero-order valence-electron chi connectivity index (χ0n) is 12.4. The Balaban J connectivity index is 2.89. The molecule has 0 radical (unpaired) electrons. The van der Waals surface area contributed by atoms with Crippen LogP contribution in [0.3, 0.4) is 0 Å². The van der Waals surface area contributed by atoms with Crippen LogP contribution in [0.2, 0.25) is 0 Å². The molecule has 0 aliphatic carbocycles. The number of anilines is 1. The molecule has 1 unspecified atom stereocenters. The average Bonchev–Trinajstić information content (AvgIpc) is 2.43. The molecule has 0 spiro atoms. The van der Waals surface area contributed by atoms with Crippen LogP contribution in [-0.4, -0.2) is 44.4 Å². The first-order chi connectivity index (χ1) is 10.1. The van der Waals surface area contributed by atoms with Crippen LogP contribution in [0.5, 0.6) is 0 Å². The van der Waals surface area contributed by atoms with Gasteiger partial charge in [0.15, 0.2) is 0 Å². The van der Waals surface area contributed by atoms with Crippen LogP contribution in [0.15, 0.2) is 24.3 Å². The van der Waals surface area contributed by atoms with E-state index in [-0.39, 0.29) is 6.54 Å². The Morgan fingerprint density at radius 1 is 1.32 bits per heavy atom. The summed E-state index contributed by atoms with van der Waals surface area (Å²) in [5.74, 6) is -2.26. The Bertz CT molecular complexity index is 673. The minimum atomic E-state index is -3.47. The molecule has 0 saturated carbocycles. The summed E-state index contributed by atoms with van der Waals surface area (Å²) in [6.07, 6.45) is 1.01. The highest BCUT2D eigenvalue weighted by atomic mass is 32.2. The summed E-state index contributed by atoms with van der Waals surface area (Å²) >= 11 is 0. The second-order valence-electron chi connectivity index (χ2n) is 4.76. The van der Waals surface area contributed by atoms with Crippen molar-refractivity contribution in [2.45, 2.75) is 19.1 Å². The number of benzene rings is 1. The molecule has 0 aromatic heterocycles. The first-order valence-corrected chi connectivity index (χ1v) is 8.12. The van der Waals surface area contributed by atoms with Crippen LogP contribution in [0.25, 0.3) is 0 Å². The van der Waals surface area contributed by atoms with Gasteiger partial charge in [0.1, 0.15) is 0 Å². The Morgan fingerprint density at radius 2 is 1.91 bits per heavy atom. The van der Waals surface area contributed by atoms with Crippen molar-refractivity contribution in [3.63, 3.8) is 0 Å². The predicted molar refractivity (Wildman–Crippen MR) is 79.8 cm³/mol. The number of rotatable bonds is 7. The molecule has 22 heavy (non-hydrogen) atoms. The number of carboxylic acid groups (broad SMARTS) is 1. The van der Waals surface area contributed by atoms with Crippen molar-refractivity contribution >= 4 is 27.6 Å². The third-order valence-corrected chi connectivity index (χ3v) is 3.59. The number of hydrogen-bond acceptors (Lipinski definition) is 5. The summed E-state index contributed by atoms with van der Waals surface area (Å²) in [4.78, 5) is 23.0. The molecule has 1 rings (SSSR count). The lowest BCUT2D eigenvalue weighted by atomic mass is 10.1. The summed E-state index contributed by atoms with van der Waals surface area (Å²) in [5.41, 5.74) is -1.22. The van der Waals surface area contributed by atoms with E-state index in [0.29, 0.717) is 11.3 Å². The smallest absolute Gasteiger partial charge is 0.345 e. The lowest BCUT2D eigenvalue weighted by molar-refractivity contribution is -0.167. The van der Waals surface area contributed by atoms with Crippen LogP contribution in [0.1, 0.15) is 12.5 Å². The Hall–Kier alpha value is -2.13. The lowest BCUT2D eigenvalue weighted by Crippen LogP contribution is -2.51. The van der Waals surface area contributed by atoms with Crippen molar-refractivity contribution < 1.29 is 27.9 Å². The summed E-state index contributed by atoms with van der Waals surface area (Å²) in [7, 11) is -2.35. The van der Waals surface area contributed by atoms with E-state index >= 15 is 0 Å². The first kappa shape index (κ1) is 17.9. The van der Waals surface area contributed by atoms with E-state index in [1.807, 2.05) is 0 Å². The summed E-state index contributed by atoms with van der Waals surface area (Å²) in [5, 5.41) is 11.4. The molecular weight excluding hydrogens is 312 g/mol. The molecule has 122 valence electrons. The SMILES string of the molecule is COC(C)(C(=O)O)C(=O)NCc1ccccc1NS(C)(=O)=O. The van der Waals surface area contributed by atoms with Gasteiger partial charge in [0.05, 0.1) is 11.9 Å². The van der Waals surface area contributed by atoms with Crippen molar-refractivity contribution in [2.24, 2.45) is 0 Å². The number of hydrogen-bond donors (Lipinski definition) is 3. The molecule has 1 aromatic carbocycles. The lowest BCUT2D eigenvalue weighted by Gasteiger charge is -2.22. The van der Waals surface area contributed by atoms with Crippen molar-refractivity contribution in [3.05, 3.63) is 29.8 Å². The molecule has 0 fully saturated rings. The number of sulfonamides is 1. The van der Waals surface area contributed by atoms with Crippen LogP contribution in [-0.2, 0) is 30.9 Å². The maximum Gasteiger partial charge on any atom is 0.345 e. The van der Waals surface area contributed by atoms with E-state index in [2.05, 4.69) is 10.0 Å². The Kier molecular flexibility index (Phi) is 5.50. The van der Waals surface area contributed by atoms with Crippen LogP contribution < -0.4 is 10.0 Å². The van der Waals surface area contributed by atoms with E-state index in [1.165, 1.54) is 6.07 Å². The van der Waals surface area contributed by atoms with Gasteiger partial charge in [-0.05, 0) is 18.6 Å². The number of amides is 1. The minimum Gasteiger partial charge on any atom is -0.479 e. The van der Waals surface area contributed by atoms with E-state index in [9.17, 15) is 18.0 Å². The summed E-state index contributed by atoms with van der Waals surface area (Å²) < 4.78 is 29.6. The topological polar surface area (TPSA) is 122 Å². The molecule has 0 heterocycles. The fourth-order valence-corrected chi connectivity index (χ4v) is 2.19. The fourth-order valence-electron chi connectivity index (χ4n) is 1.60. The van der Waals surface area contributed by atoms with Crippen LogP contribution >= 0.6 is 0 Å². The number of aliphatic carboxylic acids is 1. The third-order valence-electron chi connectivity index (χ3n) is 3.00. The molecule has 0 aliphatic heterocycles. The molecule has 3 N–H and O–H groups in total. The molecular formula is C13H18N2O6S. The molecule has 0 aliphatic rings. The number of nitrogens with one attached hydrogen (secondary N) is 2. The highest BCUT2D eigenvalue weighted by Crippen LogP contribution is 2.17. The largest absolute Gasteiger partial charge is 0.479 e. The van der Waals surface area contributed by atoms with Crippen molar-refractivity contribution in [3.8, 4) is 0 Å². The molecule has 9 heteroatoms. The van der Waals surface area contributed by atoms with Crippen LogP contribution in [0, 0.1) is 0 Å². The predicted octanol–water partition coefficient (Wildman–Crippen LogP) is 0.164. The molecule has 1 amide bonds. The number of ether oxygens (including phenoxy) is 1. The minimum absolute atomic E-state index is 0.0518. The maximum atomic E-state index is 12.0. The van der Waals surface area contributed by atoms with Crippen LogP contribution in [0.4, 0.5) is 5.69 Å². The van der Waals surface area contributed by atoms with Gasteiger partial charge in [0, 0.05) is 13.7 Å².